The van der Waals surface area contributed by atoms with Gasteiger partial charge in [-0.2, -0.15) is 0 Å². The van der Waals surface area contributed by atoms with E-state index in [-0.39, 0.29) is 0 Å². The number of hydrogen-bond donors (Lipinski definition) is 1. The molecule has 0 radical (unpaired) electrons. The number of aryl methyl sites for hydroxylation is 1. The van der Waals surface area contributed by atoms with Crippen molar-refractivity contribution in [3.63, 3.8) is 0 Å². The Bertz CT molecular complexity index is 406. The third kappa shape index (κ3) is 3.41. The summed E-state index contributed by atoms with van der Waals surface area (Å²) in [5.41, 5.74) is 4.03. The summed E-state index contributed by atoms with van der Waals surface area (Å²) in [6.45, 7) is 7.77. The Balaban J connectivity index is 2.05. The van der Waals surface area contributed by atoms with Gasteiger partial charge in [0.25, 0.3) is 0 Å². The molecular weight excluding hydrogens is 234 g/mol. The summed E-state index contributed by atoms with van der Waals surface area (Å²) in [5.74, 6) is 0. The fourth-order valence-electron chi connectivity index (χ4n) is 2.91. The van der Waals surface area contributed by atoms with Crippen LogP contribution < -0.4 is 15.1 Å². The van der Waals surface area contributed by atoms with Gasteiger partial charge in [-0.1, -0.05) is 13.0 Å². The van der Waals surface area contributed by atoms with Crippen molar-refractivity contribution in [2.24, 2.45) is 0 Å². The summed E-state index contributed by atoms with van der Waals surface area (Å²) in [6.07, 6.45) is 2.50. The molecule has 1 aliphatic rings. The lowest BCUT2D eigenvalue weighted by molar-refractivity contribution is 0.424. The second-order valence-electron chi connectivity index (χ2n) is 5.68. The van der Waals surface area contributed by atoms with Crippen LogP contribution in [0.5, 0.6) is 0 Å². The summed E-state index contributed by atoms with van der Waals surface area (Å²) in [5, 5.41) is 3.56. The van der Waals surface area contributed by atoms with E-state index in [0.717, 1.165) is 19.6 Å². The van der Waals surface area contributed by atoms with Crippen LogP contribution in [0.25, 0.3) is 0 Å². The van der Waals surface area contributed by atoms with Gasteiger partial charge in [0.15, 0.2) is 0 Å². The number of piperidine rings is 1. The molecular formula is C16H27N3. The van der Waals surface area contributed by atoms with Crippen LogP contribution in [0.1, 0.15) is 25.3 Å². The molecule has 1 saturated heterocycles. The molecule has 19 heavy (non-hydrogen) atoms. The summed E-state index contributed by atoms with van der Waals surface area (Å²) in [4.78, 5) is 4.71. The highest BCUT2D eigenvalue weighted by atomic mass is 15.2. The summed E-state index contributed by atoms with van der Waals surface area (Å²) in [6, 6.07) is 7.53. The summed E-state index contributed by atoms with van der Waals surface area (Å²) in [7, 11) is 4.23. The van der Waals surface area contributed by atoms with E-state index in [0.29, 0.717) is 6.04 Å². The van der Waals surface area contributed by atoms with Gasteiger partial charge in [0, 0.05) is 44.6 Å². The van der Waals surface area contributed by atoms with Crippen molar-refractivity contribution < 1.29 is 0 Å². The smallest absolute Gasteiger partial charge is 0.0411 e. The van der Waals surface area contributed by atoms with Gasteiger partial charge in [-0.15, -0.1) is 0 Å². The van der Waals surface area contributed by atoms with E-state index < -0.39 is 0 Å². The molecule has 106 valence electrons. The summed E-state index contributed by atoms with van der Waals surface area (Å²) < 4.78 is 0. The minimum Gasteiger partial charge on any atom is -0.377 e. The van der Waals surface area contributed by atoms with Crippen molar-refractivity contribution in [2.45, 2.75) is 32.7 Å². The van der Waals surface area contributed by atoms with E-state index in [2.05, 4.69) is 61.3 Å². The fourth-order valence-corrected chi connectivity index (χ4v) is 2.91. The molecule has 3 heteroatoms. The van der Waals surface area contributed by atoms with E-state index in [9.17, 15) is 0 Å². The molecule has 0 aromatic heterocycles. The highest BCUT2D eigenvalue weighted by Crippen LogP contribution is 2.27. The van der Waals surface area contributed by atoms with Crippen LogP contribution in [0, 0.1) is 6.92 Å². The maximum Gasteiger partial charge on any atom is 0.0411 e. The maximum atomic E-state index is 3.56. The first kappa shape index (κ1) is 14.2. The van der Waals surface area contributed by atoms with Gasteiger partial charge >= 0.3 is 0 Å². The molecule has 1 N–H and O–H groups in total. The summed E-state index contributed by atoms with van der Waals surface area (Å²) >= 11 is 0. The van der Waals surface area contributed by atoms with Crippen LogP contribution in [0.4, 0.5) is 11.4 Å². The third-order valence-electron chi connectivity index (χ3n) is 4.03. The quantitative estimate of drug-likeness (QED) is 0.899. The van der Waals surface area contributed by atoms with E-state index >= 15 is 0 Å². The third-order valence-corrected chi connectivity index (χ3v) is 4.03. The number of nitrogens with one attached hydrogen (secondary N) is 1. The van der Waals surface area contributed by atoms with Crippen LogP contribution >= 0.6 is 0 Å². The maximum absolute atomic E-state index is 3.56. The van der Waals surface area contributed by atoms with Gasteiger partial charge in [-0.05, 0) is 44.0 Å². The van der Waals surface area contributed by atoms with Gasteiger partial charge in [0.1, 0.15) is 0 Å². The van der Waals surface area contributed by atoms with Crippen LogP contribution in [-0.2, 0) is 0 Å². The van der Waals surface area contributed by atoms with E-state index in [1.807, 2.05) is 0 Å². The molecule has 1 aromatic rings. The minimum atomic E-state index is 0.708. The first-order valence-corrected chi connectivity index (χ1v) is 7.38. The van der Waals surface area contributed by atoms with E-state index in [4.69, 9.17) is 0 Å². The molecule has 1 fully saturated rings. The number of rotatable bonds is 4. The van der Waals surface area contributed by atoms with Crippen molar-refractivity contribution in [1.82, 2.24) is 5.32 Å². The molecule has 0 atom stereocenters. The highest BCUT2D eigenvalue weighted by molar-refractivity contribution is 5.63. The zero-order valence-electron chi connectivity index (χ0n) is 12.7. The molecule has 1 heterocycles. The monoisotopic (exact) mass is 261 g/mol. The highest BCUT2D eigenvalue weighted by Gasteiger charge is 2.19. The molecule has 2 rings (SSSR count). The fraction of sp³-hybridized carbons (Fsp3) is 0.625. The van der Waals surface area contributed by atoms with Crippen molar-refractivity contribution >= 4 is 11.4 Å². The molecule has 0 spiro atoms. The molecule has 0 saturated carbocycles. The Morgan fingerprint density at radius 1 is 1.26 bits per heavy atom. The average molecular weight is 261 g/mol. The Hall–Kier alpha value is -1.22. The van der Waals surface area contributed by atoms with Crippen molar-refractivity contribution in [1.29, 1.82) is 0 Å². The van der Waals surface area contributed by atoms with Gasteiger partial charge in [0.05, 0.1) is 0 Å². The van der Waals surface area contributed by atoms with Gasteiger partial charge in [0.2, 0.25) is 0 Å². The van der Waals surface area contributed by atoms with Crippen LogP contribution in [0.15, 0.2) is 18.2 Å². The van der Waals surface area contributed by atoms with Gasteiger partial charge in [-0.3, -0.25) is 0 Å². The molecule has 1 aromatic carbocycles. The van der Waals surface area contributed by atoms with E-state index in [1.54, 1.807) is 0 Å². The lowest BCUT2D eigenvalue weighted by atomic mass is 10.0. The number of anilines is 2. The topological polar surface area (TPSA) is 18.5 Å². The molecule has 0 aliphatic carbocycles. The SMILES string of the molecule is CCNC1CCN(c2ccc(C)c(N(C)C)c2)CC1. The number of hydrogen-bond acceptors (Lipinski definition) is 3. The predicted molar refractivity (Wildman–Crippen MR) is 84.4 cm³/mol. The van der Waals surface area contributed by atoms with Crippen LogP contribution in [0.2, 0.25) is 0 Å². The first-order chi connectivity index (χ1) is 9.11. The number of nitrogens with zero attached hydrogens (tertiary/aromatic N) is 2. The lowest BCUT2D eigenvalue weighted by Crippen LogP contribution is -2.42. The van der Waals surface area contributed by atoms with Crippen LogP contribution in [0.3, 0.4) is 0 Å². The second kappa shape index (κ2) is 6.29. The van der Waals surface area contributed by atoms with Crippen molar-refractivity contribution in [2.75, 3.05) is 43.5 Å². The van der Waals surface area contributed by atoms with Gasteiger partial charge in [-0.25, -0.2) is 0 Å². The second-order valence-corrected chi connectivity index (χ2v) is 5.68. The first-order valence-electron chi connectivity index (χ1n) is 7.38. The Kier molecular flexibility index (Phi) is 4.70. The molecule has 3 nitrogen and oxygen atoms in total. The molecule has 0 bridgehead atoms. The van der Waals surface area contributed by atoms with E-state index in [1.165, 1.54) is 29.8 Å². The normalized spacial score (nSPS) is 16.7. The zero-order valence-corrected chi connectivity index (χ0v) is 12.7. The average Bonchev–Trinajstić information content (AvgIpc) is 2.40. The Morgan fingerprint density at radius 3 is 2.53 bits per heavy atom. The Morgan fingerprint density at radius 2 is 1.95 bits per heavy atom. The standard InChI is InChI=1S/C16H27N3/c1-5-17-14-8-10-19(11-9-14)15-7-6-13(2)16(12-15)18(3)4/h6-7,12,14,17H,5,8-11H2,1-4H3. The molecule has 0 unspecified atom stereocenters. The Labute approximate surface area is 117 Å². The number of benzene rings is 1. The zero-order chi connectivity index (χ0) is 13.8. The predicted octanol–water partition coefficient (Wildman–Crippen LogP) is 2.64. The van der Waals surface area contributed by atoms with Crippen LogP contribution in [-0.4, -0.2) is 39.8 Å². The minimum absolute atomic E-state index is 0.708. The largest absolute Gasteiger partial charge is 0.377 e. The van der Waals surface area contributed by atoms with Crippen molar-refractivity contribution in [3.05, 3.63) is 23.8 Å². The molecule has 1 aliphatic heterocycles. The van der Waals surface area contributed by atoms with Gasteiger partial charge < -0.3 is 15.1 Å². The van der Waals surface area contributed by atoms with Crippen molar-refractivity contribution in [3.8, 4) is 0 Å². The lowest BCUT2D eigenvalue weighted by Gasteiger charge is -2.34. The molecule has 0 amide bonds.